The molecule has 7 aromatic carbocycles. The molecule has 1 aliphatic rings. The molecule has 0 radical (unpaired) electrons. The van der Waals surface area contributed by atoms with Crippen molar-refractivity contribution >= 4 is 38.9 Å². The molecule has 2 aromatic heterocycles. The summed E-state index contributed by atoms with van der Waals surface area (Å²) in [5, 5.41) is 1.63. The Morgan fingerprint density at radius 2 is 1.55 bits per heavy atom. The number of hydrogen-bond donors (Lipinski definition) is 0. The van der Waals surface area contributed by atoms with Gasteiger partial charge in [0.2, 0.25) is 0 Å². The van der Waals surface area contributed by atoms with E-state index in [0.29, 0.717) is 53.1 Å². The lowest BCUT2D eigenvalue weighted by molar-refractivity contribution is 0.306. The average molecular weight is 826 g/mol. The van der Waals surface area contributed by atoms with Crippen molar-refractivity contribution in [1.82, 2.24) is 9.55 Å². The van der Waals surface area contributed by atoms with E-state index in [2.05, 4.69) is 9.80 Å². The predicted molar refractivity (Wildman–Crippen MR) is 259 cm³/mol. The maximum atomic E-state index is 9.35. The van der Waals surface area contributed by atoms with Crippen molar-refractivity contribution in [1.29, 1.82) is 0 Å². The van der Waals surface area contributed by atoms with Crippen molar-refractivity contribution in [2.24, 2.45) is 5.89 Å². The summed E-state index contributed by atoms with van der Waals surface area (Å²) in [5.41, 5.74) is 5.93. The van der Waals surface area contributed by atoms with Gasteiger partial charge < -0.3 is 14.5 Å². The molecule has 0 amide bonds. The summed E-state index contributed by atoms with van der Waals surface area (Å²) in [6.45, 7) is -8.56. The first-order valence-electron chi connectivity index (χ1n) is 29.0. The topological polar surface area (TPSA) is 33.5 Å². The summed E-state index contributed by atoms with van der Waals surface area (Å²) in [5.74, 6) is -2.94. The van der Waals surface area contributed by atoms with Crippen molar-refractivity contribution in [2.75, 3.05) is 23.0 Å². The van der Waals surface area contributed by atoms with Crippen LogP contribution in [-0.4, -0.2) is 22.8 Å². The van der Waals surface area contributed by atoms with E-state index in [1.54, 1.807) is 47.0 Å². The van der Waals surface area contributed by atoms with Crippen LogP contribution in [0.4, 0.5) is 17.1 Å². The van der Waals surface area contributed by atoms with E-state index in [1.807, 2.05) is 91.0 Å². The van der Waals surface area contributed by atoms with Crippen molar-refractivity contribution in [3.8, 4) is 33.8 Å². The molecule has 0 bridgehead atoms. The number of para-hydroxylation sites is 3. The van der Waals surface area contributed by atoms with Gasteiger partial charge in [-0.15, -0.1) is 0 Å². The average Bonchev–Trinajstić information content (AvgIpc) is 4.04. The van der Waals surface area contributed by atoms with Crippen LogP contribution >= 0.6 is 0 Å². The highest BCUT2D eigenvalue weighted by atomic mass is 16.5. The SMILES string of the molecule is [2H]c1c([2H])c([2H])c(-c2cccc(C([2H])([2H])[2H])c2CCCN2CN(c3cccc(COc4ccc5c6ccccc6n(-c6cc(C([2H])([2H])C([2H])(C([2H])([2H])[2H])C([2H])([2H])[2H])c(-c7ccccc7)cn6)c5c4)c3)c3ccccc32)c([2H])c1[2H]. The summed E-state index contributed by atoms with van der Waals surface area (Å²) in [6, 6.07) is 41.2. The number of rotatable bonds is 13. The second kappa shape index (κ2) is 17.1. The highest BCUT2D eigenvalue weighted by Gasteiger charge is 2.27. The Labute approximate surface area is 389 Å². The zero-order valence-corrected chi connectivity index (χ0v) is 33.7. The fourth-order valence-corrected chi connectivity index (χ4v) is 8.54. The van der Waals surface area contributed by atoms with Crippen LogP contribution < -0.4 is 14.5 Å². The van der Waals surface area contributed by atoms with Crippen molar-refractivity contribution < 1.29 is 28.0 Å². The van der Waals surface area contributed by atoms with E-state index < -0.39 is 63.0 Å². The van der Waals surface area contributed by atoms with Crippen LogP contribution in [0.5, 0.6) is 5.75 Å². The Morgan fingerprint density at radius 3 is 2.42 bits per heavy atom. The van der Waals surface area contributed by atoms with E-state index >= 15 is 0 Å². The van der Waals surface area contributed by atoms with Gasteiger partial charge in [0, 0.05) is 57.3 Å². The Bertz CT molecular complexity index is 3750. The van der Waals surface area contributed by atoms with Gasteiger partial charge in [0.1, 0.15) is 18.2 Å². The third kappa shape index (κ3) is 7.71. The highest BCUT2D eigenvalue weighted by molar-refractivity contribution is 6.09. The standard InChI is InChI=1S/C57H52N4O/c1-40(2)33-45-35-57(58-37-52(45)44-21-8-5-9-22-44)61-53-27-11-10-24-50(53)51-31-30-47(36-56(51)61)62-38-42-18-15-23-46(34-42)60-39-59(54-28-12-13-29-55(54)60)32-16-26-48-41(3)17-14-25-49(48)43-19-6-4-7-20-43/h4-15,17-25,27-31,34-37,40H,16,26,32-33,38-39H2,1-3H3/i1D3,2D3,3D3,4D,6D,7D,19D,20D,33D2,40D. The minimum Gasteiger partial charge on any atom is -0.489 e. The normalized spacial score (nSPS) is 17.5. The third-order valence-electron chi connectivity index (χ3n) is 11.4. The molecule has 10 rings (SSSR count). The van der Waals surface area contributed by atoms with Crippen molar-refractivity contribution in [3.05, 3.63) is 204 Å². The van der Waals surface area contributed by atoms with Gasteiger partial charge in [0.15, 0.2) is 0 Å². The van der Waals surface area contributed by atoms with Gasteiger partial charge >= 0.3 is 0 Å². The van der Waals surface area contributed by atoms with Crippen LogP contribution in [0.1, 0.15) is 65.7 Å². The van der Waals surface area contributed by atoms with Gasteiger partial charge in [-0.2, -0.15) is 0 Å². The van der Waals surface area contributed by atoms with E-state index in [4.69, 9.17) is 30.3 Å². The van der Waals surface area contributed by atoms with Crippen molar-refractivity contribution in [2.45, 2.75) is 46.4 Å². The molecule has 306 valence electrons. The minimum atomic E-state index is -3.58. The number of anilines is 3. The number of ether oxygens (including phenoxy) is 1. The van der Waals surface area contributed by atoms with Gasteiger partial charge in [0.25, 0.3) is 0 Å². The summed E-state index contributed by atoms with van der Waals surface area (Å²) >= 11 is 0. The molecule has 5 heteroatoms. The van der Waals surface area contributed by atoms with Crippen LogP contribution in [0.2, 0.25) is 0 Å². The van der Waals surface area contributed by atoms with Gasteiger partial charge in [-0.3, -0.25) is 4.57 Å². The van der Waals surface area contributed by atoms with Crippen LogP contribution in [0.3, 0.4) is 0 Å². The lowest BCUT2D eigenvalue weighted by Crippen LogP contribution is -2.29. The number of benzene rings is 7. The zero-order valence-electron chi connectivity index (χ0n) is 50.7. The smallest absolute Gasteiger partial charge is 0.137 e. The molecule has 3 heterocycles. The molecule has 62 heavy (non-hydrogen) atoms. The maximum absolute atomic E-state index is 9.35. The Balaban J connectivity index is 0.933. The molecule has 0 N–H and O–H groups in total. The van der Waals surface area contributed by atoms with E-state index in [1.165, 1.54) is 18.3 Å². The first-order chi connectivity index (χ1) is 37.3. The molecule has 0 saturated carbocycles. The summed E-state index contributed by atoms with van der Waals surface area (Å²) < 4.78 is 153. The van der Waals surface area contributed by atoms with Gasteiger partial charge in [-0.05, 0) is 119 Å². The number of nitrogens with zero attached hydrogens (tertiary/aromatic N) is 4. The largest absolute Gasteiger partial charge is 0.489 e. The number of aryl methyl sites for hydroxylation is 1. The molecule has 1 aliphatic heterocycles. The number of aromatic nitrogens is 2. The molecule has 0 fully saturated rings. The quantitative estimate of drug-likeness (QED) is 0.116. The Kier molecular flexibility index (Phi) is 6.72. The van der Waals surface area contributed by atoms with E-state index in [9.17, 15) is 2.74 Å². The summed E-state index contributed by atoms with van der Waals surface area (Å²) in [6.07, 6.45) is -1.15. The number of fused-ring (bicyclic) bond motifs is 4. The third-order valence-corrected chi connectivity index (χ3v) is 11.4. The number of pyridine rings is 1. The summed E-state index contributed by atoms with van der Waals surface area (Å²) in [4.78, 5) is 9.16. The molecular formula is C57H52N4O. The maximum Gasteiger partial charge on any atom is 0.137 e. The number of hydrogen-bond acceptors (Lipinski definition) is 4. The zero-order chi connectivity index (χ0) is 56.6. The minimum absolute atomic E-state index is 0.0376. The van der Waals surface area contributed by atoms with Crippen LogP contribution in [0.15, 0.2) is 182 Å². The molecule has 0 saturated heterocycles. The van der Waals surface area contributed by atoms with Gasteiger partial charge in [0.05, 0.1) is 35.9 Å². The first-order valence-corrected chi connectivity index (χ1v) is 20.5. The van der Waals surface area contributed by atoms with E-state index in [-0.39, 0.29) is 41.1 Å². The molecule has 0 atom stereocenters. The fourth-order valence-electron chi connectivity index (χ4n) is 8.54. The Hall–Kier alpha value is -7.11. The van der Waals surface area contributed by atoms with Crippen molar-refractivity contribution in [3.63, 3.8) is 0 Å². The van der Waals surface area contributed by atoms with Gasteiger partial charge in [-0.1, -0.05) is 135 Å². The van der Waals surface area contributed by atoms with Gasteiger partial charge in [-0.25, -0.2) is 4.98 Å². The highest BCUT2D eigenvalue weighted by Crippen LogP contribution is 2.41. The first kappa shape index (κ1) is 24.4. The molecule has 0 spiro atoms. The van der Waals surface area contributed by atoms with Crippen LogP contribution in [0, 0.1) is 12.7 Å². The molecule has 0 aliphatic carbocycles. The molecule has 0 unspecified atom stereocenters. The molecular weight excluding hydrogens is 757 g/mol. The molecule has 9 aromatic rings. The Morgan fingerprint density at radius 1 is 0.742 bits per heavy atom. The lowest BCUT2D eigenvalue weighted by atomic mass is 9.93. The summed E-state index contributed by atoms with van der Waals surface area (Å²) in [7, 11) is 0. The van der Waals surface area contributed by atoms with E-state index in [0.717, 1.165) is 33.4 Å². The lowest BCUT2D eigenvalue weighted by Gasteiger charge is -2.23. The van der Waals surface area contributed by atoms with Crippen LogP contribution in [0.25, 0.3) is 49.9 Å². The molecule has 5 nitrogen and oxygen atoms in total. The fraction of sp³-hybridized carbons (Fsp3) is 0.175. The predicted octanol–water partition coefficient (Wildman–Crippen LogP) is 14.1. The second-order valence-electron chi connectivity index (χ2n) is 15.2. The second-order valence-corrected chi connectivity index (χ2v) is 15.2. The monoisotopic (exact) mass is 826 g/mol. The van der Waals surface area contributed by atoms with Crippen LogP contribution in [-0.2, 0) is 19.4 Å².